The molecule has 128 valence electrons. The number of carbonyl (C=O) groups is 1. The highest BCUT2D eigenvalue weighted by atomic mass is 16.2. The molecule has 2 aromatic heterocycles. The Bertz CT molecular complexity index is 932. The number of H-pyrrole nitrogens is 1. The summed E-state index contributed by atoms with van der Waals surface area (Å²) in [5.74, 6) is -0.132. The lowest BCUT2D eigenvalue weighted by molar-refractivity contribution is -0.135. The molecule has 0 aliphatic heterocycles. The summed E-state index contributed by atoms with van der Waals surface area (Å²) in [6.07, 6.45) is 3.44. The van der Waals surface area contributed by atoms with Crippen LogP contribution in [0, 0.1) is 5.92 Å². The van der Waals surface area contributed by atoms with Crippen LogP contribution in [0.1, 0.15) is 25.0 Å². The number of carbonyl (C=O) groups excluding carboxylic acids is 1. The lowest BCUT2D eigenvalue weighted by atomic mass is 10.1. The Morgan fingerprint density at radius 3 is 2.68 bits per heavy atom. The Hall–Kier alpha value is -2.95. The number of hydrogen-bond acceptors (Lipinski definition) is 3. The van der Waals surface area contributed by atoms with Crippen LogP contribution in [-0.2, 0) is 17.9 Å². The molecule has 25 heavy (non-hydrogen) atoms. The minimum absolute atomic E-state index is 0.0106. The summed E-state index contributed by atoms with van der Waals surface area (Å²) in [6, 6.07) is 13.3. The lowest BCUT2D eigenvalue weighted by Gasteiger charge is -2.24. The van der Waals surface area contributed by atoms with Gasteiger partial charge in [-0.15, -0.1) is 0 Å². The van der Waals surface area contributed by atoms with E-state index in [0.29, 0.717) is 12.1 Å². The third-order valence-corrected chi connectivity index (χ3v) is 4.09. The smallest absolute Gasteiger partial charge is 0.253 e. The fourth-order valence-corrected chi connectivity index (χ4v) is 2.80. The van der Waals surface area contributed by atoms with E-state index in [4.69, 9.17) is 0 Å². The van der Waals surface area contributed by atoms with E-state index in [1.54, 1.807) is 17.3 Å². The molecule has 0 aliphatic carbocycles. The highest BCUT2D eigenvalue weighted by Gasteiger charge is 2.19. The van der Waals surface area contributed by atoms with Gasteiger partial charge in [0.2, 0.25) is 5.91 Å². The van der Waals surface area contributed by atoms with Crippen molar-refractivity contribution in [1.82, 2.24) is 14.9 Å². The molecule has 5 heteroatoms. The Balaban J connectivity index is 1.93. The molecule has 0 saturated heterocycles. The first-order chi connectivity index (χ1) is 12.0. The van der Waals surface area contributed by atoms with E-state index in [1.807, 2.05) is 56.3 Å². The van der Waals surface area contributed by atoms with Gasteiger partial charge in [-0.05, 0) is 29.1 Å². The number of aromatic nitrogens is 2. The van der Waals surface area contributed by atoms with Gasteiger partial charge >= 0.3 is 0 Å². The molecule has 0 aliphatic rings. The van der Waals surface area contributed by atoms with Crippen molar-refractivity contribution in [2.75, 3.05) is 0 Å². The van der Waals surface area contributed by atoms with Gasteiger partial charge < -0.3 is 9.88 Å². The standard InChI is InChI=1S/C20H21N3O2/c1-14(2)20(25)23(12-15-6-5-9-21-11-15)13-17-10-16-7-3-4-8-18(16)22-19(17)24/h3-11,14H,12-13H2,1-2H3,(H,22,24). The van der Waals surface area contributed by atoms with Gasteiger partial charge in [-0.25, -0.2) is 0 Å². The lowest BCUT2D eigenvalue weighted by Crippen LogP contribution is -2.35. The maximum Gasteiger partial charge on any atom is 0.253 e. The number of pyridine rings is 2. The van der Waals surface area contributed by atoms with Gasteiger partial charge in [-0.1, -0.05) is 38.1 Å². The molecular formula is C20H21N3O2. The zero-order chi connectivity index (χ0) is 17.8. The van der Waals surface area contributed by atoms with Crippen LogP contribution >= 0.6 is 0 Å². The van der Waals surface area contributed by atoms with E-state index < -0.39 is 0 Å². The van der Waals surface area contributed by atoms with Crippen molar-refractivity contribution in [1.29, 1.82) is 0 Å². The van der Waals surface area contributed by atoms with E-state index in [2.05, 4.69) is 9.97 Å². The summed E-state index contributed by atoms with van der Waals surface area (Å²) in [7, 11) is 0. The van der Waals surface area contributed by atoms with Crippen molar-refractivity contribution < 1.29 is 4.79 Å². The summed E-state index contributed by atoms with van der Waals surface area (Å²) in [5.41, 5.74) is 2.15. The molecule has 3 aromatic rings. The van der Waals surface area contributed by atoms with Gasteiger partial charge in [0.25, 0.3) is 5.56 Å². The van der Waals surface area contributed by atoms with Crippen molar-refractivity contribution in [3.05, 3.63) is 76.3 Å². The summed E-state index contributed by atoms with van der Waals surface area (Å²) in [4.78, 5) is 33.7. The Morgan fingerprint density at radius 1 is 1.16 bits per heavy atom. The van der Waals surface area contributed by atoms with Crippen LogP contribution in [-0.4, -0.2) is 20.8 Å². The minimum Gasteiger partial charge on any atom is -0.334 e. The predicted octanol–water partition coefficient (Wildman–Crippen LogP) is 3.11. The van der Waals surface area contributed by atoms with Crippen LogP contribution in [0.15, 0.2) is 59.7 Å². The molecule has 3 rings (SSSR count). The predicted molar refractivity (Wildman–Crippen MR) is 97.9 cm³/mol. The number of nitrogens with one attached hydrogen (secondary N) is 1. The Labute approximate surface area is 146 Å². The van der Waals surface area contributed by atoms with E-state index in [0.717, 1.165) is 16.5 Å². The molecule has 1 N–H and O–H groups in total. The second-order valence-corrected chi connectivity index (χ2v) is 6.42. The van der Waals surface area contributed by atoms with E-state index in [9.17, 15) is 9.59 Å². The highest BCUT2D eigenvalue weighted by molar-refractivity contribution is 5.80. The molecule has 1 amide bonds. The van der Waals surface area contributed by atoms with Crippen molar-refractivity contribution in [2.45, 2.75) is 26.9 Å². The average Bonchev–Trinajstić information content (AvgIpc) is 2.62. The summed E-state index contributed by atoms with van der Waals surface area (Å²) in [6.45, 7) is 4.43. The van der Waals surface area contributed by atoms with Gasteiger partial charge in [0, 0.05) is 35.9 Å². The third-order valence-electron chi connectivity index (χ3n) is 4.09. The molecule has 1 aromatic carbocycles. The van der Waals surface area contributed by atoms with E-state index in [-0.39, 0.29) is 23.9 Å². The molecule has 0 unspecified atom stereocenters. The number of rotatable bonds is 5. The normalized spacial score (nSPS) is 11.0. The number of para-hydroxylation sites is 1. The first-order valence-corrected chi connectivity index (χ1v) is 8.33. The molecule has 0 radical (unpaired) electrons. The Kier molecular flexibility index (Phi) is 4.93. The third kappa shape index (κ3) is 3.94. The second kappa shape index (κ2) is 7.30. The second-order valence-electron chi connectivity index (χ2n) is 6.42. The van der Waals surface area contributed by atoms with Gasteiger partial charge in [0.05, 0.1) is 6.54 Å². The fraction of sp³-hybridized carbons (Fsp3) is 0.250. The van der Waals surface area contributed by atoms with Crippen LogP contribution in [0.4, 0.5) is 0 Å². The molecular weight excluding hydrogens is 314 g/mol. The first-order valence-electron chi connectivity index (χ1n) is 8.33. The molecule has 0 fully saturated rings. The maximum absolute atomic E-state index is 12.6. The van der Waals surface area contributed by atoms with Crippen LogP contribution in [0.25, 0.3) is 10.9 Å². The summed E-state index contributed by atoms with van der Waals surface area (Å²) < 4.78 is 0. The van der Waals surface area contributed by atoms with E-state index >= 15 is 0 Å². The van der Waals surface area contributed by atoms with Gasteiger partial charge in [-0.2, -0.15) is 0 Å². The highest BCUT2D eigenvalue weighted by Crippen LogP contribution is 2.15. The first kappa shape index (κ1) is 16.9. The number of hydrogen-bond donors (Lipinski definition) is 1. The zero-order valence-electron chi connectivity index (χ0n) is 14.4. The van der Waals surface area contributed by atoms with Crippen molar-refractivity contribution in [3.8, 4) is 0 Å². The van der Waals surface area contributed by atoms with Crippen LogP contribution < -0.4 is 5.56 Å². The molecule has 0 saturated carbocycles. The summed E-state index contributed by atoms with van der Waals surface area (Å²) >= 11 is 0. The topological polar surface area (TPSA) is 66.1 Å². The van der Waals surface area contributed by atoms with Gasteiger partial charge in [-0.3, -0.25) is 14.6 Å². The maximum atomic E-state index is 12.6. The monoisotopic (exact) mass is 335 g/mol. The van der Waals surface area contributed by atoms with Crippen molar-refractivity contribution >= 4 is 16.8 Å². The summed E-state index contributed by atoms with van der Waals surface area (Å²) in [5, 5.41) is 0.954. The quantitative estimate of drug-likeness (QED) is 0.779. The van der Waals surface area contributed by atoms with Crippen molar-refractivity contribution in [3.63, 3.8) is 0 Å². The average molecular weight is 335 g/mol. The molecule has 2 heterocycles. The van der Waals surface area contributed by atoms with Crippen molar-refractivity contribution in [2.24, 2.45) is 5.92 Å². The van der Waals surface area contributed by atoms with Gasteiger partial charge in [0.1, 0.15) is 0 Å². The van der Waals surface area contributed by atoms with Crippen LogP contribution in [0.3, 0.4) is 0 Å². The van der Waals surface area contributed by atoms with Crippen LogP contribution in [0.5, 0.6) is 0 Å². The molecule has 0 atom stereocenters. The molecule has 5 nitrogen and oxygen atoms in total. The number of aromatic amines is 1. The zero-order valence-corrected chi connectivity index (χ0v) is 14.4. The van der Waals surface area contributed by atoms with Gasteiger partial charge in [0.15, 0.2) is 0 Å². The SMILES string of the molecule is CC(C)C(=O)N(Cc1cccnc1)Cc1cc2ccccc2[nH]c1=O. The molecule has 0 bridgehead atoms. The Morgan fingerprint density at radius 2 is 1.96 bits per heavy atom. The van der Waals surface area contributed by atoms with E-state index in [1.165, 1.54) is 0 Å². The number of fused-ring (bicyclic) bond motifs is 1. The minimum atomic E-state index is -0.161. The molecule has 0 spiro atoms. The van der Waals surface area contributed by atoms with Crippen LogP contribution in [0.2, 0.25) is 0 Å². The largest absolute Gasteiger partial charge is 0.334 e. The number of amides is 1. The fourth-order valence-electron chi connectivity index (χ4n) is 2.80. The number of nitrogens with zero attached hydrogens (tertiary/aromatic N) is 2. The number of benzene rings is 1.